The van der Waals surface area contributed by atoms with Gasteiger partial charge in [-0.1, -0.05) is 71.8 Å². The van der Waals surface area contributed by atoms with E-state index in [1.807, 2.05) is 93.6 Å². The van der Waals surface area contributed by atoms with Gasteiger partial charge in [-0.15, -0.1) is 0 Å². The van der Waals surface area contributed by atoms with Crippen LogP contribution >= 0.6 is 11.6 Å². The number of hydrogen-bond donors (Lipinski definition) is 1. The van der Waals surface area contributed by atoms with E-state index in [9.17, 15) is 4.79 Å². The standard InChI is InChI=1S/C29H23ClN2O/c1-17-15-18(2)27-24(16-17)26(19(3)28(32-27)21-11-13-22(30)14-12-21)29(33)31-25-10-6-8-20-7-4-5-9-23(20)25/h4-16H,1-3H3,(H,31,33). The number of rotatable bonds is 3. The Bertz CT molecular complexity index is 1530. The van der Waals surface area contributed by atoms with Gasteiger partial charge in [0.25, 0.3) is 5.91 Å². The zero-order chi connectivity index (χ0) is 23.1. The number of aryl methyl sites for hydroxylation is 2. The van der Waals surface area contributed by atoms with Crippen molar-refractivity contribution in [2.45, 2.75) is 20.8 Å². The molecule has 4 aromatic carbocycles. The van der Waals surface area contributed by atoms with E-state index in [2.05, 4.69) is 11.4 Å². The molecule has 33 heavy (non-hydrogen) atoms. The summed E-state index contributed by atoms with van der Waals surface area (Å²) in [6.07, 6.45) is 0. The van der Waals surface area contributed by atoms with Crippen LogP contribution < -0.4 is 5.32 Å². The molecule has 3 nitrogen and oxygen atoms in total. The van der Waals surface area contributed by atoms with Gasteiger partial charge in [0, 0.05) is 27.0 Å². The van der Waals surface area contributed by atoms with Crippen LogP contribution in [-0.4, -0.2) is 10.9 Å². The van der Waals surface area contributed by atoms with Gasteiger partial charge in [-0.2, -0.15) is 0 Å². The Morgan fingerprint density at radius 2 is 1.58 bits per heavy atom. The summed E-state index contributed by atoms with van der Waals surface area (Å²) in [5.41, 5.74) is 6.96. The summed E-state index contributed by atoms with van der Waals surface area (Å²) in [5, 5.41) is 6.79. The molecule has 5 aromatic rings. The first-order valence-corrected chi connectivity index (χ1v) is 11.3. The van der Waals surface area contributed by atoms with Crippen LogP contribution in [0.15, 0.2) is 78.9 Å². The molecule has 0 aliphatic heterocycles. The number of benzene rings is 4. The number of hydrogen-bond acceptors (Lipinski definition) is 2. The zero-order valence-corrected chi connectivity index (χ0v) is 19.5. The van der Waals surface area contributed by atoms with Crippen LogP contribution in [0.3, 0.4) is 0 Å². The number of nitrogens with zero attached hydrogens (tertiary/aromatic N) is 1. The fraction of sp³-hybridized carbons (Fsp3) is 0.103. The molecule has 1 heterocycles. The Balaban J connectivity index is 1.72. The van der Waals surface area contributed by atoms with E-state index in [0.29, 0.717) is 10.6 Å². The zero-order valence-electron chi connectivity index (χ0n) is 18.7. The molecular weight excluding hydrogens is 428 g/mol. The largest absolute Gasteiger partial charge is 0.321 e. The van der Waals surface area contributed by atoms with Gasteiger partial charge in [0.05, 0.1) is 16.8 Å². The van der Waals surface area contributed by atoms with E-state index in [-0.39, 0.29) is 5.91 Å². The fourth-order valence-electron chi connectivity index (χ4n) is 4.52. The summed E-state index contributed by atoms with van der Waals surface area (Å²) in [7, 11) is 0. The third-order valence-corrected chi connectivity index (χ3v) is 6.30. The molecule has 162 valence electrons. The molecule has 1 amide bonds. The Morgan fingerprint density at radius 3 is 2.36 bits per heavy atom. The first-order valence-electron chi connectivity index (χ1n) is 10.9. The summed E-state index contributed by atoms with van der Waals surface area (Å²) < 4.78 is 0. The number of carbonyl (C=O) groups is 1. The Kier molecular flexibility index (Phi) is 5.35. The highest BCUT2D eigenvalue weighted by Crippen LogP contribution is 2.33. The first kappa shape index (κ1) is 21.2. The molecule has 4 heteroatoms. The van der Waals surface area contributed by atoms with Crippen LogP contribution in [-0.2, 0) is 0 Å². The molecular formula is C29H23ClN2O. The van der Waals surface area contributed by atoms with Gasteiger partial charge in [-0.05, 0) is 61.5 Å². The van der Waals surface area contributed by atoms with E-state index in [4.69, 9.17) is 16.6 Å². The molecule has 0 radical (unpaired) electrons. The quantitative estimate of drug-likeness (QED) is 0.303. The highest BCUT2D eigenvalue weighted by atomic mass is 35.5. The molecule has 1 N–H and O–H groups in total. The van der Waals surface area contributed by atoms with Gasteiger partial charge in [-0.25, -0.2) is 4.98 Å². The topological polar surface area (TPSA) is 42.0 Å². The number of halogens is 1. The van der Waals surface area contributed by atoms with Gasteiger partial charge in [-0.3, -0.25) is 4.79 Å². The van der Waals surface area contributed by atoms with E-state index < -0.39 is 0 Å². The van der Waals surface area contributed by atoms with Crippen LogP contribution in [0, 0.1) is 20.8 Å². The second kappa shape index (κ2) is 8.34. The third kappa shape index (κ3) is 3.85. The van der Waals surface area contributed by atoms with E-state index >= 15 is 0 Å². The van der Waals surface area contributed by atoms with Gasteiger partial charge >= 0.3 is 0 Å². The highest BCUT2D eigenvalue weighted by molar-refractivity contribution is 6.30. The van der Waals surface area contributed by atoms with Crippen LogP contribution in [0.4, 0.5) is 5.69 Å². The second-order valence-corrected chi connectivity index (χ2v) is 8.86. The van der Waals surface area contributed by atoms with Crippen molar-refractivity contribution in [1.29, 1.82) is 0 Å². The maximum atomic E-state index is 13.8. The normalized spacial score (nSPS) is 11.2. The van der Waals surface area contributed by atoms with Crippen LogP contribution in [0.1, 0.15) is 27.0 Å². The minimum absolute atomic E-state index is 0.142. The molecule has 0 aliphatic rings. The lowest BCUT2D eigenvalue weighted by Gasteiger charge is -2.17. The van der Waals surface area contributed by atoms with Crippen molar-refractivity contribution in [3.05, 3.63) is 106 Å². The molecule has 0 fully saturated rings. The Hall–Kier alpha value is -3.69. The van der Waals surface area contributed by atoms with Crippen molar-refractivity contribution in [2.24, 2.45) is 0 Å². The summed E-state index contributed by atoms with van der Waals surface area (Å²) in [5.74, 6) is -0.142. The summed E-state index contributed by atoms with van der Waals surface area (Å²) in [6, 6.07) is 25.7. The number of carbonyl (C=O) groups excluding carboxylic acids is 1. The number of pyridine rings is 1. The third-order valence-electron chi connectivity index (χ3n) is 6.05. The van der Waals surface area contributed by atoms with Crippen molar-refractivity contribution in [3.63, 3.8) is 0 Å². The maximum Gasteiger partial charge on any atom is 0.256 e. The van der Waals surface area contributed by atoms with Gasteiger partial charge < -0.3 is 5.32 Å². The lowest BCUT2D eigenvalue weighted by molar-refractivity contribution is 0.102. The fourth-order valence-corrected chi connectivity index (χ4v) is 4.64. The Labute approximate surface area is 198 Å². The van der Waals surface area contributed by atoms with Crippen molar-refractivity contribution >= 4 is 44.9 Å². The minimum Gasteiger partial charge on any atom is -0.321 e. The monoisotopic (exact) mass is 450 g/mol. The van der Waals surface area contributed by atoms with Crippen molar-refractivity contribution in [1.82, 2.24) is 4.98 Å². The van der Waals surface area contributed by atoms with Crippen LogP contribution in [0.25, 0.3) is 32.9 Å². The van der Waals surface area contributed by atoms with Crippen molar-refractivity contribution in [3.8, 4) is 11.3 Å². The molecule has 0 bridgehead atoms. The van der Waals surface area contributed by atoms with E-state index in [1.165, 1.54) is 0 Å². The van der Waals surface area contributed by atoms with E-state index in [0.717, 1.165) is 55.3 Å². The highest BCUT2D eigenvalue weighted by Gasteiger charge is 2.21. The molecule has 0 spiro atoms. The average molecular weight is 451 g/mol. The predicted octanol–water partition coefficient (Wildman–Crippen LogP) is 7.89. The molecule has 0 aliphatic carbocycles. The second-order valence-electron chi connectivity index (χ2n) is 8.43. The molecule has 0 saturated heterocycles. The average Bonchev–Trinajstić information content (AvgIpc) is 2.79. The number of amides is 1. The lowest BCUT2D eigenvalue weighted by atomic mass is 9.94. The predicted molar refractivity (Wildman–Crippen MR) is 138 cm³/mol. The summed E-state index contributed by atoms with van der Waals surface area (Å²) in [6.45, 7) is 6.04. The van der Waals surface area contributed by atoms with Gasteiger partial charge in [0.1, 0.15) is 0 Å². The summed E-state index contributed by atoms with van der Waals surface area (Å²) >= 11 is 6.11. The lowest BCUT2D eigenvalue weighted by Crippen LogP contribution is -2.16. The minimum atomic E-state index is -0.142. The maximum absolute atomic E-state index is 13.8. The molecule has 0 unspecified atom stereocenters. The molecule has 5 rings (SSSR count). The van der Waals surface area contributed by atoms with Crippen molar-refractivity contribution < 1.29 is 4.79 Å². The Morgan fingerprint density at radius 1 is 0.848 bits per heavy atom. The SMILES string of the molecule is Cc1cc(C)c2nc(-c3ccc(Cl)cc3)c(C)c(C(=O)Nc3cccc4ccccc34)c2c1. The van der Waals surface area contributed by atoms with Crippen LogP contribution in [0.5, 0.6) is 0 Å². The number of aromatic nitrogens is 1. The van der Waals surface area contributed by atoms with Crippen LogP contribution in [0.2, 0.25) is 5.02 Å². The molecule has 0 saturated carbocycles. The number of nitrogens with one attached hydrogen (secondary N) is 1. The summed E-state index contributed by atoms with van der Waals surface area (Å²) in [4.78, 5) is 18.8. The molecule has 1 aromatic heterocycles. The van der Waals surface area contributed by atoms with Gasteiger partial charge in [0.2, 0.25) is 0 Å². The number of anilines is 1. The number of fused-ring (bicyclic) bond motifs is 2. The molecule has 0 atom stereocenters. The van der Waals surface area contributed by atoms with Gasteiger partial charge in [0.15, 0.2) is 0 Å². The first-order chi connectivity index (χ1) is 15.9. The van der Waals surface area contributed by atoms with E-state index in [1.54, 1.807) is 0 Å². The van der Waals surface area contributed by atoms with Crippen molar-refractivity contribution in [2.75, 3.05) is 5.32 Å². The smallest absolute Gasteiger partial charge is 0.256 e.